The number of halogens is 2. The summed E-state index contributed by atoms with van der Waals surface area (Å²) < 4.78 is 13.1. The monoisotopic (exact) mass is 429 g/mol. The van der Waals surface area contributed by atoms with Crippen molar-refractivity contribution in [3.8, 4) is 0 Å². The Balaban J connectivity index is 1.66. The number of benzene rings is 2. The van der Waals surface area contributed by atoms with Crippen LogP contribution in [0.2, 0.25) is 5.02 Å². The fourth-order valence-electron chi connectivity index (χ4n) is 2.59. The quantitative estimate of drug-likeness (QED) is 0.480. The van der Waals surface area contributed by atoms with Gasteiger partial charge in [0, 0.05) is 17.9 Å². The van der Waals surface area contributed by atoms with Crippen molar-refractivity contribution in [2.45, 2.75) is 6.92 Å². The maximum absolute atomic E-state index is 13.1. The summed E-state index contributed by atoms with van der Waals surface area (Å²) in [5.41, 5.74) is 1.04. The molecule has 30 heavy (non-hydrogen) atoms. The van der Waals surface area contributed by atoms with E-state index in [0.717, 1.165) is 12.1 Å². The average molecular weight is 430 g/mol. The number of H-pyrrole nitrogens is 1. The van der Waals surface area contributed by atoms with E-state index in [9.17, 15) is 18.8 Å². The summed E-state index contributed by atoms with van der Waals surface area (Å²) in [6.45, 7) is 2.17. The molecule has 1 aromatic heterocycles. The standard InChI is InChI=1S/C20H17ClFN5O3/c1-2-23-19(29)16-17(25-10-24-16)20(30)27-13-6-4-12(5-7-13)26-18(28)14-8-3-11(22)9-15(14)21/h3-10H,2H2,1H3,(H,23,29)(H,24,25)(H,26,28)(H,27,30). The Morgan fingerprint density at radius 2 is 1.63 bits per heavy atom. The van der Waals surface area contributed by atoms with Crippen molar-refractivity contribution in [3.05, 3.63) is 76.6 Å². The average Bonchev–Trinajstić information content (AvgIpc) is 3.20. The molecule has 3 aromatic rings. The number of carbonyl (C=O) groups excluding carboxylic acids is 3. The molecule has 0 spiro atoms. The van der Waals surface area contributed by atoms with Gasteiger partial charge in [-0.25, -0.2) is 9.37 Å². The number of aromatic amines is 1. The fourth-order valence-corrected chi connectivity index (χ4v) is 2.84. The number of imidazole rings is 1. The Kier molecular flexibility index (Phi) is 6.43. The minimum atomic E-state index is -0.563. The van der Waals surface area contributed by atoms with Gasteiger partial charge in [0.15, 0.2) is 5.69 Å². The number of anilines is 2. The van der Waals surface area contributed by atoms with Crippen molar-refractivity contribution < 1.29 is 18.8 Å². The molecule has 154 valence electrons. The molecule has 8 nitrogen and oxygen atoms in total. The molecule has 0 bridgehead atoms. The van der Waals surface area contributed by atoms with Crippen LogP contribution in [0.25, 0.3) is 0 Å². The van der Waals surface area contributed by atoms with Crippen LogP contribution in [0.5, 0.6) is 0 Å². The van der Waals surface area contributed by atoms with Gasteiger partial charge in [-0.1, -0.05) is 11.6 Å². The first-order valence-electron chi connectivity index (χ1n) is 8.88. The van der Waals surface area contributed by atoms with Crippen molar-refractivity contribution in [2.75, 3.05) is 17.2 Å². The minimum Gasteiger partial charge on any atom is -0.351 e. The van der Waals surface area contributed by atoms with Gasteiger partial charge in [0.25, 0.3) is 17.7 Å². The highest BCUT2D eigenvalue weighted by Crippen LogP contribution is 2.20. The molecule has 10 heteroatoms. The van der Waals surface area contributed by atoms with Crippen LogP contribution in [0.15, 0.2) is 48.8 Å². The lowest BCUT2D eigenvalue weighted by atomic mass is 10.2. The van der Waals surface area contributed by atoms with Crippen LogP contribution in [0.4, 0.5) is 15.8 Å². The molecule has 0 aliphatic carbocycles. The lowest BCUT2D eigenvalue weighted by Gasteiger charge is -2.09. The maximum Gasteiger partial charge on any atom is 0.276 e. The highest BCUT2D eigenvalue weighted by Gasteiger charge is 2.20. The van der Waals surface area contributed by atoms with Crippen LogP contribution in [-0.2, 0) is 0 Å². The molecule has 0 aliphatic heterocycles. The predicted octanol–water partition coefficient (Wildman–Crippen LogP) is 3.46. The predicted molar refractivity (Wildman–Crippen MR) is 110 cm³/mol. The number of nitrogens with one attached hydrogen (secondary N) is 4. The fraction of sp³-hybridized carbons (Fsp3) is 0.100. The van der Waals surface area contributed by atoms with Crippen LogP contribution in [-0.4, -0.2) is 34.2 Å². The van der Waals surface area contributed by atoms with E-state index in [1.165, 1.54) is 12.4 Å². The molecule has 0 atom stereocenters. The molecule has 0 radical (unpaired) electrons. The highest BCUT2D eigenvalue weighted by atomic mass is 35.5. The van der Waals surface area contributed by atoms with Crippen molar-refractivity contribution >= 4 is 40.7 Å². The SMILES string of the molecule is CCNC(=O)c1[nH]cnc1C(=O)Nc1ccc(NC(=O)c2ccc(F)cc2Cl)cc1. The molecule has 4 N–H and O–H groups in total. The topological polar surface area (TPSA) is 116 Å². The van der Waals surface area contributed by atoms with Gasteiger partial charge in [-0.2, -0.15) is 0 Å². The van der Waals surface area contributed by atoms with E-state index in [1.54, 1.807) is 31.2 Å². The Morgan fingerprint density at radius 1 is 1.00 bits per heavy atom. The molecule has 0 fully saturated rings. The second-order valence-electron chi connectivity index (χ2n) is 6.10. The Morgan fingerprint density at radius 3 is 2.23 bits per heavy atom. The first kappa shape index (κ1) is 21.0. The molecular formula is C20H17ClFN5O3. The third kappa shape index (κ3) is 4.81. The molecule has 1 heterocycles. The van der Waals surface area contributed by atoms with E-state index in [-0.39, 0.29) is 22.0 Å². The van der Waals surface area contributed by atoms with Crippen LogP contribution in [0.1, 0.15) is 38.3 Å². The summed E-state index contributed by atoms with van der Waals surface area (Å²) in [5.74, 6) is -2.03. The van der Waals surface area contributed by atoms with Crippen molar-refractivity contribution in [1.82, 2.24) is 15.3 Å². The number of nitrogens with zero attached hydrogens (tertiary/aromatic N) is 1. The van der Waals surface area contributed by atoms with Crippen LogP contribution in [0.3, 0.4) is 0 Å². The lowest BCUT2D eigenvalue weighted by Crippen LogP contribution is -2.26. The molecule has 0 aliphatic rings. The Hall–Kier alpha value is -3.72. The number of carbonyl (C=O) groups is 3. The third-order valence-electron chi connectivity index (χ3n) is 4.00. The Bertz CT molecular complexity index is 1100. The smallest absolute Gasteiger partial charge is 0.276 e. The van der Waals surface area contributed by atoms with Crippen molar-refractivity contribution in [3.63, 3.8) is 0 Å². The zero-order chi connectivity index (χ0) is 21.7. The zero-order valence-corrected chi connectivity index (χ0v) is 16.5. The highest BCUT2D eigenvalue weighted by molar-refractivity contribution is 6.34. The Labute approximate surface area is 175 Å². The van der Waals surface area contributed by atoms with Gasteiger partial charge >= 0.3 is 0 Å². The van der Waals surface area contributed by atoms with Gasteiger partial charge in [0.05, 0.1) is 16.9 Å². The molecule has 0 unspecified atom stereocenters. The van der Waals surface area contributed by atoms with Gasteiger partial charge in [0.2, 0.25) is 0 Å². The van der Waals surface area contributed by atoms with Crippen molar-refractivity contribution in [2.24, 2.45) is 0 Å². The van der Waals surface area contributed by atoms with Gasteiger partial charge in [-0.05, 0) is 49.4 Å². The van der Waals surface area contributed by atoms with Gasteiger partial charge < -0.3 is 20.9 Å². The van der Waals surface area contributed by atoms with Gasteiger partial charge in [-0.15, -0.1) is 0 Å². The van der Waals surface area contributed by atoms with Gasteiger partial charge in [-0.3, -0.25) is 14.4 Å². The van der Waals surface area contributed by atoms with Crippen LogP contribution >= 0.6 is 11.6 Å². The summed E-state index contributed by atoms with van der Waals surface area (Å²) in [6, 6.07) is 9.76. The van der Waals surface area contributed by atoms with E-state index in [4.69, 9.17) is 11.6 Å². The molecule has 0 saturated carbocycles. The normalized spacial score (nSPS) is 10.4. The molecule has 0 saturated heterocycles. The van der Waals surface area contributed by atoms with Crippen LogP contribution < -0.4 is 16.0 Å². The van der Waals surface area contributed by atoms with E-state index in [1.807, 2.05) is 0 Å². The van der Waals surface area contributed by atoms with E-state index in [2.05, 4.69) is 25.9 Å². The second-order valence-corrected chi connectivity index (χ2v) is 6.50. The molecular weight excluding hydrogens is 413 g/mol. The summed E-state index contributed by atoms with van der Waals surface area (Å²) in [7, 11) is 0. The van der Waals surface area contributed by atoms with Crippen molar-refractivity contribution in [1.29, 1.82) is 0 Å². The van der Waals surface area contributed by atoms with Gasteiger partial charge in [0.1, 0.15) is 11.5 Å². The third-order valence-corrected chi connectivity index (χ3v) is 4.31. The maximum atomic E-state index is 13.1. The first-order valence-corrected chi connectivity index (χ1v) is 9.26. The van der Waals surface area contributed by atoms with E-state index >= 15 is 0 Å². The van der Waals surface area contributed by atoms with E-state index < -0.39 is 23.5 Å². The lowest BCUT2D eigenvalue weighted by molar-refractivity contribution is 0.0937. The summed E-state index contributed by atoms with van der Waals surface area (Å²) in [5, 5.41) is 7.86. The number of hydrogen-bond donors (Lipinski definition) is 4. The largest absolute Gasteiger partial charge is 0.351 e. The number of aromatic nitrogens is 2. The van der Waals surface area contributed by atoms with Crippen LogP contribution in [0, 0.1) is 5.82 Å². The first-order chi connectivity index (χ1) is 14.4. The number of amides is 3. The number of rotatable bonds is 6. The number of hydrogen-bond acceptors (Lipinski definition) is 4. The molecule has 3 rings (SSSR count). The summed E-state index contributed by atoms with van der Waals surface area (Å²) in [4.78, 5) is 43.2. The summed E-state index contributed by atoms with van der Waals surface area (Å²) >= 11 is 5.89. The molecule has 3 amide bonds. The summed E-state index contributed by atoms with van der Waals surface area (Å²) in [6.07, 6.45) is 1.26. The second kappa shape index (κ2) is 9.19. The zero-order valence-electron chi connectivity index (χ0n) is 15.8. The minimum absolute atomic E-state index is 0.00157. The van der Waals surface area contributed by atoms with E-state index in [0.29, 0.717) is 17.9 Å². The molecule has 2 aromatic carbocycles.